The fourth-order valence-corrected chi connectivity index (χ4v) is 0.638. The molecule has 0 saturated carbocycles. The Balaban J connectivity index is 3.44. The highest BCUT2D eigenvalue weighted by Crippen LogP contribution is 2.06. The Hall–Kier alpha value is -0.560. The molecule has 0 radical (unpaired) electrons. The molecular weight excluding hydrogens is 124 g/mol. The van der Waals surface area contributed by atoms with Crippen molar-refractivity contribution in [3.05, 3.63) is 24.3 Å². The average Bonchev–Trinajstić information content (AvgIpc) is 1.99. The molecule has 10 heavy (non-hydrogen) atoms. The van der Waals surface area contributed by atoms with Crippen LogP contribution < -0.4 is 0 Å². The van der Waals surface area contributed by atoms with Crippen molar-refractivity contribution in [2.45, 2.75) is 32.8 Å². The maximum absolute atomic E-state index is 9.06. The number of allylic oxidation sites excluding steroid dienone is 2. The van der Waals surface area contributed by atoms with E-state index in [0.29, 0.717) is 0 Å². The van der Waals surface area contributed by atoms with E-state index in [-0.39, 0.29) is 6.10 Å². The molecule has 1 N–H and O–H groups in total. The zero-order chi connectivity index (χ0) is 7.98. The van der Waals surface area contributed by atoms with E-state index in [1.807, 2.05) is 6.92 Å². The van der Waals surface area contributed by atoms with Crippen LogP contribution >= 0.6 is 0 Å². The molecule has 0 aliphatic carbocycles. The van der Waals surface area contributed by atoms with Crippen LogP contribution in [0.15, 0.2) is 24.3 Å². The van der Waals surface area contributed by atoms with Crippen LogP contribution in [0, 0.1) is 0 Å². The van der Waals surface area contributed by atoms with Crippen molar-refractivity contribution in [1.29, 1.82) is 0 Å². The second kappa shape index (κ2) is 5.24. The van der Waals surface area contributed by atoms with Crippen molar-refractivity contribution < 1.29 is 5.11 Å². The van der Waals surface area contributed by atoms with E-state index >= 15 is 0 Å². The maximum atomic E-state index is 9.06. The number of aliphatic hydroxyl groups is 1. The summed E-state index contributed by atoms with van der Waals surface area (Å²) in [6.45, 7) is 7.57. The minimum absolute atomic E-state index is 0.338. The van der Waals surface area contributed by atoms with Gasteiger partial charge < -0.3 is 5.11 Å². The van der Waals surface area contributed by atoms with Gasteiger partial charge in [0.15, 0.2) is 0 Å². The normalized spacial score (nSPS) is 14.9. The van der Waals surface area contributed by atoms with Crippen molar-refractivity contribution in [2.24, 2.45) is 0 Å². The summed E-state index contributed by atoms with van der Waals surface area (Å²) in [4.78, 5) is 0. The molecule has 0 rings (SSSR count). The van der Waals surface area contributed by atoms with Crippen LogP contribution in [-0.4, -0.2) is 11.2 Å². The Kier molecular flexibility index (Phi) is 4.95. The number of hydrogen-bond donors (Lipinski definition) is 1. The third-order valence-electron chi connectivity index (χ3n) is 1.60. The van der Waals surface area contributed by atoms with Gasteiger partial charge in [-0.25, -0.2) is 0 Å². The van der Waals surface area contributed by atoms with Gasteiger partial charge in [-0.3, -0.25) is 0 Å². The van der Waals surface area contributed by atoms with Gasteiger partial charge in [-0.1, -0.05) is 17.7 Å². The molecule has 0 aromatic carbocycles. The lowest BCUT2D eigenvalue weighted by atomic mass is 10.1. The van der Waals surface area contributed by atoms with Gasteiger partial charge in [-0.2, -0.15) is 0 Å². The van der Waals surface area contributed by atoms with Crippen molar-refractivity contribution in [3.8, 4) is 0 Å². The summed E-state index contributed by atoms with van der Waals surface area (Å²) in [5.74, 6) is 0. The highest BCUT2D eigenvalue weighted by molar-refractivity contribution is 4.96. The molecule has 0 saturated heterocycles. The fraction of sp³-hybridized carbons (Fsp3) is 0.556. The first kappa shape index (κ1) is 9.44. The van der Waals surface area contributed by atoms with E-state index in [1.54, 1.807) is 6.08 Å². The Morgan fingerprint density at radius 2 is 2.30 bits per heavy atom. The predicted molar refractivity (Wildman–Crippen MR) is 44.9 cm³/mol. The highest BCUT2D eigenvalue weighted by Gasteiger charge is 1.96. The fourth-order valence-electron chi connectivity index (χ4n) is 0.638. The first-order chi connectivity index (χ1) is 4.70. The first-order valence-electron chi connectivity index (χ1n) is 3.63. The molecule has 0 aliphatic heterocycles. The van der Waals surface area contributed by atoms with Crippen LogP contribution in [0.3, 0.4) is 0 Å². The standard InChI is InChI=1S/C9H16O/c1-4-8(3)6-7-9(10)5-2/h4-5,9-10H,2,6-7H2,1,3H3/b8-4+/t9-/m0/s1. The summed E-state index contributed by atoms with van der Waals surface area (Å²) >= 11 is 0. The van der Waals surface area contributed by atoms with Gasteiger partial charge in [0.1, 0.15) is 0 Å². The predicted octanol–water partition coefficient (Wildman–Crippen LogP) is 2.28. The molecule has 58 valence electrons. The number of aliphatic hydroxyl groups excluding tert-OH is 1. The molecule has 1 heteroatoms. The zero-order valence-electron chi connectivity index (χ0n) is 6.80. The molecule has 0 amide bonds. The summed E-state index contributed by atoms with van der Waals surface area (Å²) < 4.78 is 0. The summed E-state index contributed by atoms with van der Waals surface area (Å²) in [5.41, 5.74) is 1.32. The molecule has 0 heterocycles. The van der Waals surface area contributed by atoms with Gasteiger partial charge in [-0.15, -0.1) is 6.58 Å². The van der Waals surface area contributed by atoms with Gasteiger partial charge in [0.05, 0.1) is 6.10 Å². The van der Waals surface area contributed by atoms with E-state index in [1.165, 1.54) is 5.57 Å². The Morgan fingerprint density at radius 1 is 1.70 bits per heavy atom. The van der Waals surface area contributed by atoms with Gasteiger partial charge in [0.2, 0.25) is 0 Å². The van der Waals surface area contributed by atoms with Gasteiger partial charge in [-0.05, 0) is 26.7 Å². The molecular formula is C9H16O. The van der Waals surface area contributed by atoms with E-state index in [0.717, 1.165) is 12.8 Å². The molecule has 0 aromatic heterocycles. The minimum atomic E-state index is -0.338. The van der Waals surface area contributed by atoms with Crippen molar-refractivity contribution >= 4 is 0 Å². The maximum Gasteiger partial charge on any atom is 0.0721 e. The Morgan fingerprint density at radius 3 is 2.70 bits per heavy atom. The molecule has 0 aromatic rings. The summed E-state index contributed by atoms with van der Waals surface area (Å²) in [6.07, 6.45) is 5.05. The average molecular weight is 140 g/mol. The van der Waals surface area contributed by atoms with Gasteiger partial charge in [0, 0.05) is 0 Å². The lowest BCUT2D eigenvalue weighted by Gasteiger charge is -2.03. The Labute approximate surface area is 63.1 Å². The van der Waals surface area contributed by atoms with Crippen LogP contribution in [0.1, 0.15) is 26.7 Å². The SMILES string of the molecule is C=C[C@H](O)CC/C(C)=C/C. The monoisotopic (exact) mass is 140 g/mol. The lowest BCUT2D eigenvalue weighted by molar-refractivity contribution is 0.213. The second-order valence-electron chi connectivity index (χ2n) is 2.48. The molecule has 0 bridgehead atoms. The number of hydrogen-bond acceptors (Lipinski definition) is 1. The molecule has 0 spiro atoms. The van der Waals surface area contributed by atoms with Crippen molar-refractivity contribution in [1.82, 2.24) is 0 Å². The second-order valence-corrected chi connectivity index (χ2v) is 2.48. The van der Waals surface area contributed by atoms with Crippen molar-refractivity contribution in [2.75, 3.05) is 0 Å². The van der Waals surface area contributed by atoms with Crippen LogP contribution in [0.2, 0.25) is 0 Å². The molecule has 1 atom stereocenters. The van der Waals surface area contributed by atoms with Crippen LogP contribution in [0.5, 0.6) is 0 Å². The summed E-state index contributed by atoms with van der Waals surface area (Å²) in [5, 5.41) is 9.06. The lowest BCUT2D eigenvalue weighted by Crippen LogP contribution is -2.00. The third kappa shape index (κ3) is 4.33. The first-order valence-corrected chi connectivity index (χ1v) is 3.63. The quantitative estimate of drug-likeness (QED) is 0.594. The van der Waals surface area contributed by atoms with E-state index in [4.69, 9.17) is 5.11 Å². The Bertz CT molecular complexity index is 125. The molecule has 0 unspecified atom stereocenters. The largest absolute Gasteiger partial charge is 0.389 e. The smallest absolute Gasteiger partial charge is 0.0721 e. The molecule has 1 nitrogen and oxygen atoms in total. The number of rotatable bonds is 4. The van der Waals surface area contributed by atoms with E-state index < -0.39 is 0 Å². The molecule has 0 fully saturated rings. The van der Waals surface area contributed by atoms with Crippen molar-refractivity contribution in [3.63, 3.8) is 0 Å². The van der Waals surface area contributed by atoms with Gasteiger partial charge >= 0.3 is 0 Å². The topological polar surface area (TPSA) is 20.2 Å². The summed E-state index contributed by atoms with van der Waals surface area (Å²) in [6, 6.07) is 0. The van der Waals surface area contributed by atoms with E-state index in [9.17, 15) is 0 Å². The third-order valence-corrected chi connectivity index (χ3v) is 1.60. The van der Waals surface area contributed by atoms with Crippen LogP contribution in [0.25, 0.3) is 0 Å². The molecule has 0 aliphatic rings. The minimum Gasteiger partial charge on any atom is -0.389 e. The zero-order valence-corrected chi connectivity index (χ0v) is 6.80. The highest BCUT2D eigenvalue weighted by atomic mass is 16.3. The van der Waals surface area contributed by atoms with Crippen LogP contribution in [0.4, 0.5) is 0 Å². The van der Waals surface area contributed by atoms with Crippen LogP contribution in [-0.2, 0) is 0 Å². The van der Waals surface area contributed by atoms with Gasteiger partial charge in [0.25, 0.3) is 0 Å². The summed E-state index contributed by atoms with van der Waals surface area (Å²) in [7, 11) is 0. The van der Waals surface area contributed by atoms with E-state index in [2.05, 4.69) is 19.6 Å².